The van der Waals surface area contributed by atoms with Crippen LogP contribution in [0.2, 0.25) is 0 Å². The Kier molecular flexibility index (Phi) is 8.35. The number of rotatable bonds is 5. The van der Waals surface area contributed by atoms with Crippen molar-refractivity contribution >= 4 is 17.3 Å². The normalized spacial score (nSPS) is 14.6. The molecule has 2 atom stereocenters. The second kappa shape index (κ2) is 10.7. The molecule has 0 bridgehead atoms. The predicted molar refractivity (Wildman–Crippen MR) is 124 cm³/mol. The summed E-state index contributed by atoms with van der Waals surface area (Å²) in [6.45, 7) is 7.89. The van der Waals surface area contributed by atoms with E-state index in [2.05, 4.69) is 49.6 Å². The fraction of sp³-hybridized carbons (Fsp3) is 0.375. The molecule has 1 aromatic heterocycles. The van der Waals surface area contributed by atoms with Crippen LogP contribution >= 0.6 is 11.3 Å². The number of nitrogens with two attached hydrogens (primary N) is 1. The molecule has 2 N–H and O–H groups in total. The molecule has 0 saturated heterocycles. The topological polar surface area (TPSA) is 41.6 Å². The summed E-state index contributed by atoms with van der Waals surface area (Å²) in [5.74, 6) is 6.78. The van der Waals surface area contributed by atoms with Crippen molar-refractivity contribution in [1.82, 2.24) is 4.90 Å². The summed E-state index contributed by atoms with van der Waals surface area (Å²) in [6.07, 6.45) is 6.42. The fourth-order valence-electron chi connectivity index (χ4n) is 2.39. The first-order valence-electron chi connectivity index (χ1n) is 9.72. The van der Waals surface area contributed by atoms with E-state index >= 15 is 0 Å². The van der Waals surface area contributed by atoms with Crippen LogP contribution in [-0.4, -0.2) is 25.0 Å². The molecule has 0 aliphatic heterocycles. The lowest BCUT2D eigenvalue weighted by atomic mass is 10.0. The first-order chi connectivity index (χ1) is 13.5. The highest BCUT2D eigenvalue weighted by Gasteiger charge is 2.19. The third kappa shape index (κ3) is 6.58. The summed E-state index contributed by atoms with van der Waals surface area (Å²) in [7, 11) is 3.79. The fourth-order valence-corrected chi connectivity index (χ4v) is 3.55. The molecule has 1 fully saturated rings. The molecule has 0 amide bonds. The lowest BCUT2D eigenvalue weighted by molar-refractivity contribution is 0.547. The van der Waals surface area contributed by atoms with E-state index in [1.165, 1.54) is 34.6 Å². The van der Waals surface area contributed by atoms with E-state index in [-0.39, 0.29) is 12.0 Å². The van der Waals surface area contributed by atoms with Crippen molar-refractivity contribution in [2.45, 2.75) is 39.2 Å². The molecule has 1 aromatic carbocycles. The quantitative estimate of drug-likeness (QED) is 0.306. The van der Waals surface area contributed by atoms with Crippen LogP contribution in [0.5, 0.6) is 0 Å². The van der Waals surface area contributed by atoms with Crippen molar-refractivity contribution < 1.29 is 0 Å². The zero-order chi connectivity index (χ0) is 20.5. The first-order valence-corrected chi connectivity index (χ1v) is 10.5. The Morgan fingerprint density at radius 3 is 2.54 bits per heavy atom. The average molecular weight is 394 g/mol. The molecule has 1 aliphatic rings. The second-order valence-electron chi connectivity index (χ2n) is 7.14. The van der Waals surface area contributed by atoms with Gasteiger partial charge < -0.3 is 10.6 Å². The molecule has 0 radical (unpaired) electrons. The van der Waals surface area contributed by atoms with E-state index in [1.807, 2.05) is 44.1 Å². The van der Waals surface area contributed by atoms with Gasteiger partial charge in [0, 0.05) is 35.3 Å². The lowest BCUT2D eigenvalue weighted by Gasteiger charge is -2.19. The van der Waals surface area contributed by atoms with E-state index in [9.17, 15) is 0 Å². The number of benzene rings is 1. The monoisotopic (exact) mass is 393 g/mol. The van der Waals surface area contributed by atoms with Gasteiger partial charge in [-0.2, -0.15) is 0 Å². The van der Waals surface area contributed by atoms with Crippen LogP contribution in [0.25, 0.3) is 10.4 Å². The number of hydrogen-bond donors (Lipinski definition) is 1. The van der Waals surface area contributed by atoms with E-state index in [1.54, 1.807) is 11.3 Å². The van der Waals surface area contributed by atoms with E-state index in [0.717, 1.165) is 5.56 Å². The zero-order valence-electron chi connectivity index (χ0n) is 17.4. The maximum absolute atomic E-state index is 6.05. The number of nitrogens with zero attached hydrogens (tertiary/aromatic N) is 2. The Bertz CT molecular complexity index is 862. The van der Waals surface area contributed by atoms with Crippen LogP contribution < -0.4 is 5.73 Å². The largest absolute Gasteiger partial charge is 0.370 e. The van der Waals surface area contributed by atoms with Gasteiger partial charge in [-0.25, -0.2) is 4.99 Å². The van der Waals surface area contributed by atoms with Crippen molar-refractivity contribution in [2.24, 2.45) is 16.6 Å². The number of guanidine groups is 1. The molecule has 1 saturated carbocycles. The summed E-state index contributed by atoms with van der Waals surface area (Å²) >= 11 is 1.74. The molecular weight excluding hydrogens is 362 g/mol. The minimum absolute atomic E-state index is 0.0303. The second-order valence-corrected chi connectivity index (χ2v) is 8.26. The molecular formula is C24H31N3S. The summed E-state index contributed by atoms with van der Waals surface area (Å²) < 4.78 is 0. The maximum Gasteiger partial charge on any atom is 0.191 e. The Balaban J connectivity index is 0.000000849. The van der Waals surface area contributed by atoms with Crippen LogP contribution in [0, 0.1) is 17.8 Å². The Morgan fingerprint density at radius 2 is 1.96 bits per heavy atom. The van der Waals surface area contributed by atoms with Crippen LogP contribution in [0.3, 0.4) is 0 Å². The van der Waals surface area contributed by atoms with Crippen molar-refractivity contribution in [3.05, 3.63) is 59.5 Å². The SMILES string of the molecule is C1CC1.C=CC(C)C(N=C(N)N(C)C)c1ccc(-c2cccc(C#CC)c2)s1. The average Bonchev–Trinajstić information content (AvgIpc) is 3.50. The predicted octanol–water partition coefficient (Wildman–Crippen LogP) is 5.70. The van der Waals surface area contributed by atoms with Gasteiger partial charge in [0.1, 0.15) is 0 Å². The standard InChI is InChI=1S/C21H25N3S.C3H6/c1-6-9-16-10-8-11-17(14-16)18-12-13-19(25-18)20(15(3)7-2)23-21(22)24(4)5;1-2-3-1/h7-8,10-15,20H,2H2,1,3-5H3,(H2,22,23);1-3H2. The van der Waals surface area contributed by atoms with Crippen LogP contribution in [0.15, 0.2) is 54.0 Å². The number of thiophene rings is 1. The highest BCUT2D eigenvalue weighted by molar-refractivity contribution is 7.15. The molecule has 1 heterocycles. The van der Waals surface area contributed by atoms with Crippen LogP contribution in [0.4, 0.5) is 0 Å². The van der Waals surface area contributed by atoms with Gasteiger partial charge in [0.25, 0.3) is 0 Å². The van der Waals surface area contributed by atoms with Gasteiger partial charge in [-0.1, -0.05) is 50.3 Å². The Hall–Kier alpha value is -2.51. The van der Waals surface area contributed by atoms with Gasteiger partial charge in [0.2, 0.25) is 0 Å². The molecule has 2 unspecified atom stereocenters. The van der Waals surface area contributed by atoms with Crippen LogP contribution in [0.1, 0.15) is 49.6 Å². The summed E-state index contributed by atoms with van der Waals surface area (Å²) in [5.41, 5.74) is 8.25. The molecule has 28 heavy (non-hydrogen) atoms. The molecule has 4 heteroatoms. The van der Waals surface area contributed by atoms with Crippen molar-refractivity contribution in [1.29, 1.82) is 0 Å². The Labute approximate surface area is 174 Å². The van der Waals surface area contributed by atoms with Crippen LogP contribution in [-0.2, 0) is 0 Å². The van der Waals surface area contributed by atoms with Gasteiger partial charge in [-0.3, -0.25) is 0 Å². The van der Waals surface area contributed by atoms with Gasteiger partial charge in [0.05, 0.1) is 6.04 Å². The maximum atomic E-state index is 6.05. The van der Waals surface area contributed by atoms with Gasteiger partial charge in [-0.05, 0) is 36.8 Å². The van der Waals surface area contributed by atoms with E-state index in [0.29, 0.717) is 5.96 Å². The highest BCUT2D eigenvalue weighted by atomic mass is 32.1. The number of aliphatic imine (C=N–C) groups is 1. The van der Waals surface area contributed by atoms with Crippen molar-refractivity contribution in [3.8, 4) is 22.3 Å². The third-order valence-corrected chi connectivity index (χ3v) is 5.49. The smallest absolute Gasteiger partial charge is 0.191 e. The van der Waals surface area contributed by atoms with Crippen molar-refractivity contribution in [3.63, 3.8) is 0 Å². The summed E-state index contributed by atoms with van der Waals surface area (Å²) in [4.78, 5) is 8.91. The van der Waals surface area contributed by atoms with E-state index in [4.69, 9.17) is 10.7 Å². The van der Waals surface area contributed by atoms with E-state index < -0.39 is 0 Å². The van der Waals surface area contributed by atoms with Gasteiger partial charge in [-0.15, -0.1) is 23.8 Å². The molecule has 0 spiro atoms. The molecule has 2 aromatic rings. The minimum Gasteiger partial charge on any atom is -0.370 e. The molecule has 3 rings (SSSR count). The lowest BCUT2D eigenvalue weighted by Crippen LogP contribution is -2.31. The minimum atomic E-state index is -0.0303. The molecule has 148 valence electrons. The molecule has 1 aliphatic carbocycles. The zero-order valence-corrected chi connectivity index (χ0v) is 18.2. The summed E-state index contributed by atoms with van der Waals surface area (Å²) in [6, 6.07) is 12.5. The third-order valence-electron chi connectivity index (χ3n) is 4.29. The van der Waals surface area contributed by atoms with Crippen molar-refractivity contribution in [2.75, 3.05) is 14.1 Å². The van der Waals surface area contributed by atoms with Gasteiger partial charge in [0.15, 0.2) is 5.96 Å². The molecule has 3 nitrogen and oxygen atoms in total. The first kappa shape index (κ1) is 21.8. The highest BCUT2D eigenvalue weighted by Crippen LogP contribution is 2.36. The number of hydrogen-bond acceptors (Lipinski definition) is 2. The van der Waals surface area contributed by atoms with Gasteiger partial charge >= 0.3 is 0 Å². The Morgan fingerprint density at radius 1 is 1.25 bits per heavy atom. The summed E-state index contributed by atoms with van der Waals surface area (Å²) in [5, 5.41) is 0.